The zero-order valence-corrected chi connectivity index (χ0v) is 17.0. The molecule has 1 saturated heterocycles. The van der Waals surface area contributed by atoms with Crippen LogP contribution in [0.3, 0.4) is 0 Å². The third-order valence-corrected chi connectivity index (χ3v) is 8.59. The largest absolute Gasteiger partial charge is 0.493 e. The summed E-state index contributed by atoms with van der Waals surface area (Å²) in [5, 5.41) is 33.1. The molecular weight excluding hydrogens is 364 g/mol. The molecular formula is C21H30O7. The molecule has 1 aliphatic heterocycles. The number of rotatable bonds is 1. The first kappa shape index (κ1) is 19.9. The summed E-state index contributed by atoms with van der Waals surface area (Å²) in [5.74, 6) is -1.89. The topological polar surface area (TPSA) is 113 Å². The van der Waals surface area contributed by atoms with E-state index in [1.54, 1.807) is 6.08 Å². The monoisotopic (exact) mass is 394 g/mol. The van der Waals surface area contributed by atoms with Crippen molar-refractivity contribution in [1.29, 1.82) is 0 Å². The van der Waals surface area contributed by atoms with Crippen molar-refractivity contribution in [1.82, 2.24) is 0 Å². The van der Waals surface area contributed by atoms with Crippen LogP contribution in [0.1, 0.15) is 40.5 Å². The lowest BCUT2D eigenvalue weighted by atomic mass is 9.37. The first-order valence-corrected chi connectivity index (χ1v) is 10.00. The molecule has 0 spiro atoms. The highest BCUT2D eigenvalue weighted by Crippen LogP contribution is 2.68. The molecule has 3 fully saturated rings. The average molecular weight is 394 g/mol. The summed E-state index contributed by atoms with van der Waals surface area (Å²) in [4.78, 5) is 25.8. The molecule has 1 heterocycles. The zero-order chi connectivity index (χ0) is 20.8. The highest BCUT2D eigenvalue weighted by molar-refractivity contribution is 5.99. The van der Waals surface area contributed by atoms with Gasteiger partial charge in [-0.25, -0.2) is 0 Å². The van der Waals surface area contributed by atoms with Gasteiger partial charge in [-0.15, -0.1) is 0 Å². The van der Waals surface area contributed by atoms with Gasteiger partial charge < -0.3 is 24.8 Å². The van der Waals surface area contributed by atoms with E-state index in [9.17, 15) is 24.9 Å². The van der Waals surface area contributed by atoms with Crippen LogP contribution < -0.4 is 0 Å². The van der Waals surface area contributed by atoms with Gasteiger partial charge in [0.15, 0.2) is 5.76 Å². The lowest BCUT2D eigenvalue weighted by Crippen LogP contribution is -2.77. The molecule has 0 amide bonds. The van der Waals surface area contributed by atoms with Gasteiger partial charge in [-0.3, -0.25) is 9.59 Å². The Labute approximate surface area is 164 Å². The SMILES string of the molecule is COC1=CC(C)C2CC3OC(=O)CC4C(C)(O)C(O)C(O)C(C2(C)C1=O)C34C. The van der Waals surface area contributed by atoms with E-state index in [0.717, 1.165) is 0 Å². The first-order valence-electron chi connectivity index (χ1n) is 10.00. The van der Waals surface area contributed by atoms with E-state index in [-0.39, 0.29) is 29.8 Å². The summed E-state index contributed by atoms with van der Waals surface area (Å²) >= 11 is 0. The Hall–Kier alpha value is -1.44. The molecule has 156 valence electrons. The number of hydrogen-bond donors (Lipinski definition) is 3. The molecule has 7 heteroatoms. The Morgan fingerprint density at radius 1 is 1.21 bits per heavy atom. The van der Waals surface area contributed by atoms with Crippen molar-refractivity contribution in [2.75, 3.05) is 7.11 Å². The van der Waals surface area contributed by atoms with Crippen molar-refractivity contribution in [2.24, 2.45) is 34.5 Å². The average Bonchev–Trinajstić information content (AvgIpc) is 2.62. The number of carbonyl (C=O) groups is 2. The Bertz CT molecular complexity index is 758. The van der Waals surface area contributed by atoms with E-state index < -0.39 is 52.5 Å². The van der Waals surface area contributed by atoms with Gasteiger partial charge in [0.1, 0.15) is 12.2 Å². The summed E-state index contributed by atoms with van der Waals surface area (Å²) in [5.41, 5.74) is -3.54. The van der Waals surface area contributed by atoms with Crippen LogP contribution in [-0.2, 0) is 19.1 Å². The van der Waals surface area contributed by atoms with Crippen molar-refractivity contribution in [3.05, 3.63) is 11.8 Å². The van der Waals surface area contributed by atoms with Gasteiger partial charge in [0.05, 0.1) is 25.2 Å². The fourth-order valence-corrected chi connectivity index (χ4v) is 7.24. The van der Waals surface area contributed by atoms with Crippen LogP contribution >= 0.6 is 0 Å². The molecule has 3 aliphatic carbocycles. The van der Waals surface area contributed by atoms with Gasteiger partial charge in [0, 0.05) is 22.7 Å². The van der Waals surface area contributed by atoms with Crippen LogP contribution in [0, 0.1) is 34.5 Å². The zero-order valence-electron chi connectivity index (χ0n) is 17.0. The van der Waals surface area contributed by atoms with Crippen LogP contribution in [0.5, 0.6) is 0 Å². The summed E-state index contributed by atoms with van der Waals surface area (Å²) in [6, 6.07) is 0. The van der Waals surface area contributed by atoms with Crippen molar-refractivity contribution < 1.29 is 34.4 Å². The van der Waals surface area contributed by atoms with Gasteiger partial charge in [-0.1, -0.05) is 20.8 Å². The second-order valence-electron chi connectivity index (χ2n) is 9.79. The predicted octanol–water partition coefficient (Wildman–Crippen LogP) is 0.802. The number of hydrogen-bond acceptors (Lipinski definition) is 7. The molecule has 0 aromatic carbocycles. The van der Waals surface area contributed by atoms with E-state index in [0.29, 0.717) is 6.42 Å². The maximum atomic E-state index is 13.5. The van der Waals surface area contributed by atoms with Crippen LogP contribution in [-0.4, -0.2) is 58.1 Å². The highest BCUT2D eigenvalue weighted by Gasteiger charge is 2.75. The molecule has 4 rings (SSSR count). The number of fused-ring (bicyclic) bond motifs is 2. The second kappa shape index (κ2) is 5.80. The fourth-order valence-electron chi connectivity index (χ4n) is 7.24. The maximum absolute atomic E-state index is 13.5. The molecule has 28 heavy (non-hydrogen) atoms. The summed E-state index contributed by atoms with van der Waals surface area (Å²) < 4.78 is 11.1. The third kappa shape index (κ3) is 2.10. The number of esters is 1. The molecule has 0 aromatic heterocycles. The quantitative estimate of drug-likeness (QED) is 0.564. The minimum Gasteiger partial charge on any atom is -0.493 e. The maximum Gasteiger partial charge on any atom is 0.306 e. The minimum atomic E-state index is -1.67. The van der Waals surface area contributed by atoms with Crippen molar-refractivity contribution in [3.8, 4) is 0 Å². The number of methoxy groups -OCH3 is 1. The lowest BCUT2D eigenvalue weighted by molar-refractivity contribution is -0.312. The predicted molar refractivity (Wildman–Crippen MR) is 97.7 cm³/mol. The number of carbonyl (C=O) groups excluding carboxylic acids is 2. The summed E-state index contributed by atoms with van der Waals surface area (Å²) in [6.07, 6.45) is -1.15. The van der Waals surface area contributed by atoms with Crippen LogP contribution in [0.4, 0.5) is 0 Å². The molecule has 7 nitrogen and oxygen atoms in total. The Balaban J connectivity index is 1.95. The second-order valence-corrected chi connectivity index (χ2v) is 9.79. The normalized spacial score (nSPS) is 55.6. The molecule has 10 unspecified atom stereocenters. The van der Waals surface area contributed by atoms with Crippen LogP contribution in [0.2, 0.25) is 0 Å². The van der Waals surface area contributed by atoms with E-state index in [1.165, 1.54) is 14.0 Å². The minimum absolute atomic E-state index is 0.0342. The molecule has 0 radical (unpaired) electrons. The number of ketones is 1. The van der Waals surface area contributed by atoms with Crippen LogP contribution in [0.25, 0.3) is 0 Å². The standard InChI is InChI=1S/C21H30O7/c1-9-6-11(27-5)17(24)19(2)10(9)7-13-20(3)12(8-14(22)28-13)21(4,26)18(25)15(23)16(19)20/h6,9-10,12-13,15-16,18,23,25-26H,7-8H2,1-5H3. The first-order chi connectivity index (χ1) is 12.9. The third-order valence-electron chi connectivity index (χ3n) is 8.59. The lowest BCUT2D eigenvalue weighted by Gasteiger charge is -2.69. The Morgan fingerprint density at radius 3 is 2.46 bits per heavy atom. The molecule has 10 atom stereocenters. The van der Waals surface area contributed by atoms with Crippen molar-refractivity contribution in [2.45, 2.75) is 64.4 Å². The number of allylic oxidation sites excluding steroid dienone is 2. The molecule has 2 saturated carbocycles. The highest BCUT2D eigenvalue weighted by atomic mass is 16.5. The number of Topliss-reactive ketones (excluding diaryl/α,β-unsaturated/α-hetero) is 1. The van der Waals surface area contributed by atoms with E-state index in [1.807, 2.05) is 20.8 Å². The summed E-state index contributed by atoms with van der Waals surface area (Å²) in [6.45, 7) is 7.16. The van der Waals surface area contributed by atoms with Gasteiger partial charge in [0.25, 0.3) is 0 Å². The van der Waals surface area contributed by atoms with E-state index in [4.69, 9.17) is 9.47 Å². The number of aliphatic hydroxyl groups excluding tert-OH is 2. The number of aliphatic hydroxyl groups is 3. The van der Waals surface area contributed by atoms with Gasteiger partial charge in [-0.2, -0.15) is 0 Å². The van der Waals surface area contributed by atoms with Crippen molar-refractivity contribution in [3.63, 3.8) is 0 Å². The number of ether oxygens (including phenoxy) is 2. The van der Waals surface area contributed by atoms with Gasteiger partial charge in [0.2, 0.25) is 5.78 Å². The van der Waals surface area contributed by atoms with Gasteiger partial charge >= 0.3 is 5.97 Å². The molecule has 4 aliphatic rings. The Morgan fingerprint density at radius 2 is 1.86 bits per heavy atom. The fraction of sp³-hybridized carbons (Fsp3) is 0.810. The van der Waals surface area contributed by atoms with E-state index >= 15 is 0 Å². The van der Waals surface area contributed by atoms with Gasteiger partial charge in [-0.05, 0) is 31.3 Å². The molecule has 0 bridgehead atoms. The van der Waals surface area contributed by atoms with Crippen molar-refractivity contribution >= 4 is 11.8 Å². The van der Waals surface area contributed by atoms with E-state index in [2.05, 4.69) is 0 Å². The van der Waals surface area contributed by atoms with Crippen LogP contribution in [0.15, 0.2) is 11.8 Å². The molecule has 0 aromatic rings. The Kier molecular flexibility index (Phi) is 4.11. The smallest absolute Gasteiger partial charge is 0.306 e. The summed E-state index contributed by atoms with van der Waals surface area (Å²) in [7, 11) is 1.45. The molecule has 3 N–H and O–H groups in total.